The van der Waals surface area contributed by atoms with Crippen molar-refractivity contribution >= 4 is 15.9 Å². The van der Waals surface area contributed by atoms with Gasteiger partial charge in [-0.15, -0.1) is 0 Å². The Morgan fingerprint density at radius 1 is 1.09 bits per heavy atom. The van der Waals surface area contributed by atoms with Crippen LogP contribution in [0.25, 0.3) is 0 Å². The number of sulfonamides is 1. The molecule has 1 aromatic carbocycles. The predicted molar refractivity (Wildman–Crippen MR) is 124 cm³/mol. The van der Waals surface area contributed by atoms with Crippen molar-refractivity contribution in [1.82, 2.24) is 19.0 Å². The zero-order chi connectivity index (χ0) is 23.7. The molecule has 32 heavy (non-hydrogen) atoms. The van der Waals surface area contributed by atoms with Gasteiger partial charge < -0.3 is 9.64 Å². The maximum Gasteiger partial charge on any atom is 0.274 e. The van der Waals surface area contributed by atoms with Crippen LogP contribution in [0.1, 0.15) is 63.6 Å². The lowest BCUT2D eigenvalue weighted by molar-refractivity contribution is 0.0690. The fraction of sp³-hybridized carbons (Fsp3) is 0.565. The lowest BCUT2D eigenvalue weighted by Crippen LogP contribution is -2.50. The van der Waals surface area contributed by atoms with E-state index in [1.165, 1.54) is 4.31 Å². The number of nitrogens with zero attached hydrogens (tertiary/aromatic N) is 4. The Kier molecular flexibility index (Phi) is 7.00. The fourth-order valence-corrected chi connectivity index (χ4v) is 5.19. The van der Waals surface area contributed by atoms with E-state index in [4.69, 9.17) is 4.74 Å². The SMILES string of the molecule is CCOc1ccc(S(=O)(=O)N2CCN(C(=O)c3cc(C(C)C)n(C(C)(C)C)n3)CC2)cc1. The summed E-state index contributed by atoms with van der Waals surface area (Å²) in [6.45, 7) is 13.9. The van der Waals surface area contributed by atoms with Crippen LogP contribution in [0.2, 0.25) is 0 Å². The highest BCUT2D eigenvalue weighted by atomic mass is 32.2. The number of benzene rings is 1. The monoisotopic (exact) mass is 462 g/mol. The van der Waals surface area contributed by atoms with Crippen LogP contribution in [0.4, 0.5) is 0 Å². The second kappa shape index (κ2) is 9.23. The average Bonchev–Trinajstić information content (AvgIpc) is 3.20. The molecule has 1 amide bonds. The third-order valence-electron chi connectivity index (χ3n) is 5.48. The molecule has 1 aliphatic heterocycles. The third kappa shape index (κ3) is 4.99. The van der Waals surface area contributed by atoms with Crippen molar-refractivity contribution in [1.29, 1.82) is 0 Å². The first-order chi connectivity index (χ1) is 14.9. The minimum atomic E-state index is -3.62. The maximum atomic E-state index is 13.1. The Labute approximate surface area is 191 Å². The number of carbonyl (C=O) groups excluding carboxylic acids is 1. The molecular formula is C23H34N4O4S. The van der Waals surface area contributed by atoms with Crippen LogP contribution in [0.3, 0.4) is 0 Å². The molecule has 0 spiro atoms. The summed E-state index contributed by atoms with van der Waals surface area (Å²) in [5, 5.41) is 4.60. The molecule has 3 rings (SSSR count). The van der Waals surface area contributed by atoms with Crippen LogP contribution in [0.15, 0.2) is 35.2 Å². The molecule has 176 valence electrons. The quantitative estimate of drug-likeness (QED) is 0.658. The number of hydrogen-bond acceptors (Lipinski definition) is 5. The largest absolute Gasteiger partial charge is 0.494 e. The standard InChI is InChI=1S/C23H34N4O4S/c1-7-31-18-8-10-19(11-9-18)32(29,30)26-14-12-25(13-15-26)22(28)20-16-21(17(2)3)27(24-20)23(4,5)6/h8-11,16-17H,7,12-15H2,1-6H3. The van der Waals surface area contributed by atoms with Gasteiger partial charge in [-0.25, -0.2) is 8.42 Å². The third-order valence-corrected chi connectivity index (χ3v) is 7.39. The second-order valence-electron chi connectivity index (χ2n) is 9.29. The molecular weight excluding hydrogens is 428 g/mol. The van der Waals surface area contributed by atoms with E-state index in [-0.39, 0.29) is 35.3 Å². The van der Waals surface area contributed by atoms with E-state index in [9.17, 15) is 13.2 Å². The van der Waals surface area contributed by atoms with Gasteiger partial charge in [0.25, 0.3) is 5.91 Å². The molecule has 2 aromatic rings. The summed E-state index contributed by atoms with van der Waals surface area (Å²) in [5.41, 5.74) is 1.19. The molecule has 2 heterocycles. The van der Waals surface area contributed by atoms with Gasteiger partial charge in [-0.2, -0.15) is 9.40 Å². The van der Waals surface area contributed by atoms with E-state index in [0.717, 1.165) is 5.69 Å². The molecule has 0 radical (unpaired) electrons. The fourth-order valence-electron chi connectivity index (χ4n) is 3.77. The summed E-state index contributed by atoms with van der Waals surface area (Å²) in [5.74, 6) is 0.713. The number of hydrogen-bond donors (Lipinski definition) is 0. The Hall–Kier alpha value is -2.39. The zero-order valence-electron chi connectivity index (χ0n) is 19.8. The minimum Gasteiger partial charge on any atom is -0.494 e. The molecule has 0 bridgehead atoms. The number of ether oxygens (including phenoxy) is 1. The molecule has 0 N–H and O–H groups in total. The van der Waals surface area contributed by atoms with Crippen LogP contribution in [0, 0.1) is 0 Å². The smallest absolute Gasteiger partial charge is 0.274 e. The molecule has 0 aliphatic carbocycles. The van der Waals surface area contributed by atoms with Gasteiger partial charge in [0, 0.05) is 31.9 Å². The lowest BCUT2D eigenvalue weighted by Gasteiger charge is -2.33. The summed E-state index contributed by atoms with van der Waals surface area (Å²) in [4.78, 5) is 15.0. The van der Waals surface area contributed by atoms with Crippen LogP contribution in [0.5, 0.6) is 5.75 Å². The van der Waals surface area contributed by atoms with Gasteiger partial charge in [-0.3, -0.25) is 9.48 Å². The van der Waals surface area contributed by atoms with E-state index in [1.807, 2.05) is 17.7 Å². The summed E-state index contributed by atoms with van der Waals surface area (Å²) in [6.07, 6.45) is 0. The maximum absolute atomic E-state index is 13.1. The van der Waals surface area contributed by atoms with E-state index < -0.39 is 10.0 Å². The first-order valence-corrected chi connectivity index (χ1v) is 12.5. The number of aromatic nitrogens is 2. The van der Waals surface area contributed by atoms with E-state index >= 15 is 0 Å². The van der Waals surface area contributed by atoms with Gasteiger partial charge in [-0.1, -0.05) is 13.8 Å². The predicted octanol–water partition coefficient (Wildman–Crippen LogP) is 3.31. The second-order valence-corrected chi connectivity index (χ2v) is 11.2. The van der Waals surface area contributed by atoms with Crippen molar-refractivity contribution in [3.05, 3.63) is 41.7 Å². The topological polar surface area (TPSA) is 84.7 Å². The Bertz CT molecular complexity index is 1040. The van der Waals surface area contributed by atoms with Gasteiger partial charge >= 0.3 is 0 Å². The first kappa shape index (κ1) is 24.3. The van der Waals surface area contributed by atoms with E-state index in [0.29, 0.717) is 31.1 Å². The van der Waals surface area contributed by atoms with Crippen LogP contribution in [-0.2, 0) is 15.6 Å². The lowest BCUT2D eigenvalue weighted by atomic mass is 10.1. The van der Waals surface area contributed by atoms with E-state index in [2.05, 4.69) is 39.7 Å². The number of piperazine rings is 1. The zero-order valence-corrected chi connectivity index (χ0v) is 20.6. The average molecular weight is 463 g/mol. The number of carbonyl (C=O) groups is 1. The van der Waals surface area contributed by atoms with Gasteiger partial charge in [-0.05, 0) is 63.9 Å². The highest BCUT2D eigenvalue weighted by Crippen LogP contribution is 2.25. The Morgan fingerprint density at radius 3 is 2.16 bits per heavy atom. The molecule has 9 heteroatoms. The minimum absolute atomic E-state index is 0.159. The summed E-state index contributed by atoms with van der Waals surface area (Å²) < 4.78 is 34.7. The molecule has 0 atom stereocenters. The highest BCUT2D eigenvalue weighted by molar-refractivity contribution is 7.89. The molecule has 0 unspecified atom stereocenters. The van der Waals surface area contributed by atoms with Crippen molar-refractivity contribution in [3.63, 3.8) is 0 Å². The van der Waals surface area contributed by atoms with Crippen LogP contribution < -0.4 is 4.74 Å². The molecule has 1 aliphatic rings. The number of rotatable bonds is 6. The Balaban J connectivity index is 1.71. The van der Waals surface area contributed by atoms with Gasteiger partial charge in [0.15, 0.2) is 5.69 Å². The number of amides is 1. The van der Waals surface area contributed by atoms with Crippen molar-refractivity contribution in [3.8, 4) is 5.75 Å². The van der Waals surface area contributed by atoms with Crippen molar-refractivity contribution in [2.75, 3.05) is 32.8 Å². The van der Waals surface area contributed by atoms with E-state index in [1.54, 1.807) is 29.2 Å². The van der Waals surface area contributed by atoms with Gasteiger partial charge in [0.05, 0.1) is 17.0 Å². The highest BCUT2D eigenvalue weighted by Gasteiger charge is 2.32. The van der Waals surface area contributed by atoms with Crippen molar-refractivity contribution < 1.29 is 17.9 Å². The van der Waals surface area contributed by atoms with Gasteiger partial charge in [0.1, 0.15) is 5.75 Å². The molecule has 0 saturated carbocycles. The van der Waals surface area contributed by atoms with Crippen LogP contribution in [-0.4, -0.2) is 66.1 Å². The molecule has 1 aromatic heterocycles. The molecule has 1 fully saturated rings. The molecule has 1 saturated heterocycles. The van der Waals surface area contributed by atoms with Crippen molar-refractivity contribution in [2.45, 2.75) is 57.9 Å². The summed E-state index contributed by atoms with van der Waals surface area (Å²) in [7, 11) is -3.62. The molecule has 8 nitrogen and oxygen atoms in total. The Morgan fingerprint density at radius 2 is 1.69 bits per heavy atom. The first-order valence-electron chi connectivity index (χ1n) is 11.1. The summed E-state index contributed by atoms with van der Waals surface area (Å²) in [6, 6.07) is 8.30. The normalized spacial score (nSPS) is 15.9. The van der Waals surface area contributed by atoms with Crippen LogP contribution >= 0.6 is 0 Å². The van der Waals surface area contributed by atoms with Gasteiger partial charge in [0.2, 0.25) is 10.0 Å². The van der Waals surface area contributed by atoms with Crippen molar-refractivity contribution in [2.24, 2.45) is 0 Å². The summed E-state index contributed by atoms with van der Waals surface area (Å²) >= 11 is 0.